The molecule has 0 saturated heterocycles. The van der Waals surface area contributed by atoms with Gasteiger partial charge < -0.3 is 29.0 Å². The van der Waals surface area contributed by atoms with Crippen LogP contribution in [0, 0.1) is 10.1 Å². The van der Waals surface area contributed by atoms with Crippen molar-refractivity contribution in [3.8, 4) is 23.0 Å². The normalized spacial score (nSPS) is 10.0. The van der Waals surface area contributed by atoms with Crippen molar-refractivity contribution in [1.82, 2.24) is 0 Å². The molecule has 2 aromatic rings. The fraction of sp³-hybridized carbons (Fsp3) is 0.263. The van der Waals surface area contributed by atoms with E-state index in [0.717, 1.165) is 12.1 Å². The summed E-state index contributed by atoms with van der Waals surface area (Å²) in [6.07, 6.45) is 0. The Hall–Kier alpha value is -4.02. The summed E-state index contributed by atoms with van der Waals surface area (Å²) in [5, 5.41) is 13.8. The highest BCUT2D eigenvalue weighted by molar-refractivity contribution is 5.98. The summed E-state index contributed by atoms with van der Waals surface area (Å²) in [4.78, 5) is 35.0. The van der Waals surface area contributed by atoms with Crippen molar-refractivity contribution in [2.45, 2.75) is 0 Å². The van der Waals surface area contributed by atoms with Crippen LogP contribution in [0.2, 0.25) is 0 Å². The van der Waals surface area contributed by atoms with Crippen LogP contribution in [0.5, 0.6) is 23.0 Å². The summed E-state index contributed by atoms with van der Waals surface area (Å²) < 4.78 is 25.2. The molecule has 0 radical (unpaired) electrons. The maximum atomic E-state index is 12.4. The highest BCUT2D eigenvalue weighted by atomic mass is 16.6. The molecular formula is C19H20N2O9. The van der Waals surface area contributed by atoms with Gasteiger partial charge in [-0.15, -0.1) is 0 Å². The van der Waals surface area contributed by atoms with E-state index in [1.54, 1.807) is 18.2 Å². The van der Waals surface area contributed by atoms with Gasteiger partial charge in [0, 0.05) is 12.1 Å². The molecule has 1 amide bonds. The molecule has 0 aliphatic heterocycles. The molecule has 160 valence electrons. The van der Waals surface area contributed by atoms with Crippen molar-refractivity contribution in [2.75, 3.05) is 40.4 Å². The number of benzene rings is 2. The lowest BCUT2D eigenvalue weighted by Gasteiger charge is -2.12. The van der Waals surface area contributed by atoms with Crippen LogP contribution >= 0.6 is 0 Å². The molecule has 0 saturated carbocycles. The molecule has 0 spiro atoms. The van der Waals surface area contributed by atoms with Gasteiger partial charge in [0.1, 0.15) is 17.1 Å². The Kier molecular flexibility index (Phi) is 7.39. The number of anilines is 1. The van der Waals surface area contributed by atoms with Gasteiger partial charge in [0.05, 0.1) is 45.1 Å². The number of amides is 1. The van der Waals surface area contributed by atoms with Crippen molar-refractivity contribution in [1.29, 1.82) is 0 Å². The van der Waals surface area contributed by atoms with E-state index >= 15 is 0 Å². The lowest BCUT2D eigenvalue weighted by atomic mass is 10.1. The van der Waals surface area contributed by atoms with Crippen LogP contribution in [0.25, 0.3) is 0 Å². The summed E-state index contributed by atoms with van der Waals surface area (Å²) in [6, 6.07) is 6.88. The molecule has 11 heteroatoms. The van der Waals surface area contributed by atoms with E-state index in [1.165, 1.54) is 28.4 Å². The third kappa shape index (κ3) is 5.07. The first-order valence-corrected chi connectivity index (χ1v) is 8.44. The smallest absolute Gasteiger partial charge is 0.345 e. The number of ether oxygens (including phenoxy) is 5. The first kappa shape index (κ1) is 22.3. The molecular weight excluding hydrogens is 400 g/mol. The van der Waals surface area contributed by atoms with Crippen LogP contribution in [0.15, 0.2) is 30.3 Å². The lowest BCUT2D eigenvalue weighted by Crippen LogP contribution is -2.21. The number of methoxy groups -OCH3 is 4. The van der Waals surface area contributed by atoms with Crippen LogP contribution in [0.4, 0.5) is 11.4 Å². The molecule has 0 unspecified atom stereocenters. The van der Waals surface area contributed by atoms with Gasteiger partial charge >= 0.3 is 5.97 Å². The molecule has 0 fully saturated rings. The van der Waals surface area contributed by atoms with Crippen molar-refractivity contribution in [3.63, 3.8) is 0 Å². The van der Waals surface area contributed by atoms with Gasteiger partial charge in [0.25, 0.3) is 11.6 Å². The van der Waals surface area contributed by atoms with Gasteiger partial charge in [-0.25, -0.2) is 4.79 Å². The minimum atomic E-state index is -1.07. The van der Waals surface area contributed by atoms with Crippen LogP contribution < -0.4 is 24.3 Å². The Morgan fingerprint density at radius 1 is 0.933 bits per heavy atom. The van der Waals surface area contributed by atoms with Crippen molar-refractivity contribution in [3.05, 3.63) is 46.0 Å². The molecule has 0 aliphatic carbocycles. The number of hydrogen-bond donors (Lipinski definition) is 1. The van der Waals surface area contributed by atoms with Crippen LogP contribution in [0.3, 0.4) is 0 Å². The fourth-order valence-corrected chi connectivity index (χ4v) is 2.48. The SMILES string of the molecule is COc1ccc(NC(=O)COC(=O)c2cc(OC)c(OC)cc2[N+](=O)[O-])c(OC)c1. The summed E-state index contributed by atoms with van der Waals surface area (Å²) in [6.45, 7) is -0.681. The summed E-state index contributed by atoms with van der Waals surface area (Å²) >= 11 is 0. The minimum Gasteiger partial charge on any atom is -0.497 e. The third-order valence-corrected chi connectivity index (χ3v) is 3.94. The first-order valence-electron chi connectivity index (χ1n) is 8.44. The van der Waals surface area contributed by atoms with Gasteiger partial charge in [0.15, 0.2) is 18.1 Å². The topological polar surface area (TPSA) is 135 Å². The molecule has 0 atom stereocenters. The second-order valence-electron chi connectivity index (χ2n) is 5.67. The molecule has 0 bridgehead atoms. The van der Waals surface area contributed by atoms with Gasteiger partial charge in [-0.3, -0.25) is 14.9 Å². The van der Waals surface area contributed by atoms with Crippen LogP contribution in [-0.4, -0.2) is 51.8 Å². The fourth-order valence-electron chi connectivity index (χ4n) is 2.48. The maximum absolute atomic E-state index is 12.4. The largest absolute Gasteiger partial charge is 0.497 e. The van der Waals surface area contributed by atoms with Crippen molar-refractivity contribution >= 4 is 23.3 Å². The summed E-state index contributed by atoms with van der Waals surface area (Å²) in [5.41, 5.74) is -0.598. The molecule has 2 rings (SSSR count). The number of esters is 1. The number of hydrogen-bond acceptors (Lipinski definition) is 9. The number of carbonyl (C=O) groups is 2. The minimum absolute atomic E-state index is 0.0742. The van der Waals surface area contributed by atoms with E-state index < -0.39 is 29.1 Å². The number of nitro groups is 1. The quantitative estimate of drug-likeness (QED) is 0.368. The van der Waals surface area contributed by atoms with Crippen molar-refractivity contribution < 1.29 is 38.2 Å². The number of carbonyl (C=O) groups excluding carboxylic acids is 2. The van der Waals surface area contributed by atoms with Gasteiger partial charge in [-0.05, 0) is 12.1 Å². The monoisotopic (exact) mass is 420 g/mol. The molecule has 0 heterocycles. The lowest BCUT2D eigenvalue weighted by molar-refractivity contribution is -0.385. The van der Waals surface area contributed by atoms with Gasteiger partial charge in [0.2, 0.25) is 0 Å². The Labute approximate surface area is 171 Å². The summed E-state index contributed by atoms with van der Waals surface area (Å²) in [7, 11) is 5.52. The number of nitrogens with zero attached hydrogens (tertiary/aromatic N) is 1. The van der Waals surface area contributed by atoms with Gasteiger partial charge in [-0.2, -0.15) is 0 Å². The van der Waals surface area contributed by atoms with E-state index in [4.69, 9.17) is 23.7 Å². The van der Waals surface area contributed by atoms with E-state index in [-0.39, 0.29) is 17.1 Å². The standard InChI is InChI=1S/C19H20N2O9/c1-26-11-5-6-13(15(7-11)27-2)20-18(22)10-30-19(23)12-8-16(28-3)17(29-4)9-14(12)21(24)25/h5-9H,10H2,1-4H3,(H,20,22). The first-order chi connectivity index (χ1) is 14.3. The van der Waals surface area contributed by atoms with Gasteiger partial charge in [-0.1, -0.05) is 0 Å². The number of nitro benzene ring substituents is 1. The third-order valence-electron chi connectivity index (χ3n) is 3.94. The zero-order valence-corrected chi connectivity index (χ0v) is 16.7. The Morgan fingerprint density at radius 3 is 2.13 bits per heavy atom. The second-order valence-corrected chi connectivity index (χ2v) is 5.67. The number of rotatable bonds is 9. The van der Waals surface area contributed by atoms with E-state index in [1.807, 2.05) is 0 Å². The average molecular weight is 420 g/mol. The maximum Gasteiger partial charge on any atom is 0.345 e. The van der Waals surface area contributed by atoms with E-state index in [2.05, 4.69) is 5.32 Å². The Balaban J connectivity index is 2.14. The predicted molar refractivity (Wildman–Crippen MR) is 105 cm³/mol. The summed E-state index contributed by atoms with van der Waals surface area (Å²) in [5.74, 6) is -0.705. The molecule has 1 N–H and O–H groups in total. The van der Waals surface area contributed by atoms with Crippen molar-refractivity contribution in [2.24, 2.45) is 0 Å². The number of nitrogens with one attached hydrogen (secondary N) is 1. The molecule has 30 heavy (non-hydrogen) atoms. The zero-order chi connectivity index (χ0) is 22.3. The van der Waals surface area contributed by atoms with E-state index in [9.17, 15) is 19.7 Å². The second kappa shape index (κ2) is 9.96. The van der Waals surface area contributed by atoms with Crippen LogP contribution in [0.1, 0.15) is 10.4 Å². The zero-order valence-electron chi connectivity index (χ0n) is 16.7. The highest BCUT2D eigenvalue weighted by Crippen LogP contribution is 2.35. The van der Waals surface area contributed by atoms with Crippen LogP contribution in [-0.2, 0) is 9.53 Å². The Bertz CT molecular complexity index is 959. The molecule has 0 aromatic heterocycles. The molecule has 0 aliphatic rings. The molecule has 11 nitrogen and oxygen atoms in total. The predicted octanol–water partition coefficient (Wildman–Crippen LogP) is 2.42. The van der Waals surface area contributed by atoms with E-state index in [0.29, 0.717) is 17.2 Å². The molecule has 2 aromatic carbocycles. The highest BCUT2D eigenvalue weighted by Gasteiger charge is 2.26. The Morgan fingerprint density at radius 2 is 1.57 bits per heavy atom. The average Bonchev–Trinajstić information content (AvgIpc) is 2.76.